The highest BCUT2D eigenvalue weighted by Crippen LogP contribution is 2.24. The third-order valence-corrected chi connectivity index (χ3v) is 3.79. The minimum absolute atomic E-state index is 0.0201. The van der Waals surface area contributed by atoms with Crippen molar-refractivity contribution in [2.75, 3.05) is 23.3 Å². The molecule has 3 rings (SSSR count). The molecular formula is C16H18N4O2. The van der Waals surface area contributed by atoms with Crippen LogP contribution in [-0.2, 0) is 4.79 Å². The van der Waals surface area contributed by atoms with Gasteiger partial charge in [0, 0.05) is 25.5 Å². The van der Waals surface area contributed by atoms with Gasteiger partial charge in [-0.05, 0) is 37.1 Å². The molecule has 0 saturated carbocycles. The lowest BCUT2D eigenvalue weighted by Crippen LogP contribution is -2.41. The molecule has 1 amide bonds. The molecule has 0 unspecified atom stereocenters. The van der Waals surface area contributed by atoms with Gasteiger partial charge in [0.15, 0.2) is 11.6 Å². The van der Waals surface area contributed by atoms with Crippen molar-refractivity contribution in [1.82, 2.24) is 9.97 Å². The van der Waals surface area contributed by atoms with Gasteiger partial charge in [-0.3, -0.25) is 4.79 Å². The van der Waals surface area contributed by atoms with Gasteiger partial charge in [0.2, 0.25) is 5.91 Å². The van der Waals surface area contributed by atoms with E-state index in [1.807, 2.05) is 18.2 Å². The summed E-state index contributed by atoms with van der Waals surface area (Å²) in [7, 11) is 0. The van der Waals surface area contributed by atoms with Crippen LogP contribution in [0.3, 0.4) is 0 Å². The maximum Gasteiger partial charge on any atom is 0.230 e. The van der Waals surface area contributed by atoms with E-state index in [9.17, 15) is 9.90 Å². The van der Waals surface area contributed by atoms with E-state index >= 15 is 0 Å². The molecular weight excluding hydrogens is 280 g/mol. The van der Waals surface area contributed by atoms with E-state index < -0.39 is 0 Å². The zero-order valence-electron chi connectivity index (χ0n) is 12.1. The van der Waals surface area contributed by atoms with Gasteiger partial charge in [0.05, 0.1) is 5.92 Å². The maximum atomic E-state index is 12.4. The number of aromatic nitrogens is 2. The van der Waals surface area contributed by atoms with E-state index in [2.05, 4.69) is 20.2 Å². The Morgan fingerprint density at radius 2 is 2.09 bits per heavy atom. The van der Waals surface area contributed by atoms with Crippen molar-refractivity contribution >= 4 is 17.5 Å². The highest BCUT2D eigenvalue weighted by Gasteiger charge is 2.27. The molecule has 0 aliphatic carbocycles. The quantitative estimate of drug-likeness (QED) is 0.906. The minimum Gasteiger partial charge on any atom is -0.504 e. The zero-order valence-corrected chi connectivity index (χ0v) is 12.1. The van der Waals surface area contributed by atoms with Crippen molar-refractivity contribution in [3.05, 3.63) is 42.7 Å². The molecule has 0 spiro atoms. The number of pyridine rings is 2. The zero-order chi connectivity index (χ0) is 15.4. The SMILES string of the molecule is O=C(Nc1ncccc1O)[C@@H]1CCCN(c2ccccn2)C1. The summed E-state index contributed by atoms with van der Waals surface area (Å²) < 4.78 is 0. The van der Waals surface area contributed by atoms with Crippen molar-refractivity contribution in [3.8, 4) is 5.75 Å². The topological polar surface area (TPSA) is 78.3 Å². The van der Waals surface area contributed by atoms with Crippen LogP contribution >= 0.6 is 0 Å². The first kappa shape index (κ1) is 14.3. The summed E-state index contributed by atoms with van der Waals surface area (Å²) in [4.78, 5) is 22.8. The van der Waals surface area contributed by atoms with Crippen LogP contribution in [0.4, 0.5) is 11.6 Å². The summed E-state index contributed by atoms with van der Waals surface area (Å²) in [6, 6.07) is 8.89. The Hall–Kier alpha value is -2.63. The van der Waals surface area contributed by atoms with Crippen molar-refractivity contribution in [2.24, 2.45) is 5.92 Å². The first-order valence-electron chi connectivity index (χ1n) is 7.35. The lowest BCUT2D eigenvalue weighted by molar-refractivity contribution is -0.120. The number of carbonyl (C=O) groups is 1. The molecule has 6 nitrogen and oxygen atoms in total. The fraction of sp³-hybridized carbons (Fsp3) is 0.312. The average Bonchev–Trinajstić information content (AvgIpc) is 2.58. The van der Waals surface area contributed by atoms with Gasteiger partial charge in [-0.1, -0.05) is 6.07 Å². The standard InChI is InChI=1S/C16H18N4O2/c21-13-6-3-9-18-15(13)19-16(22)12-5-4-10-20(11-12)14-7-1-2-8-17-14/h1-3,6-9,12,21H,4-5,10-11H2,(H,18,19,22)/t12-/m1/s1. The molecule has 1 aliphatic heterocycles. The van der Waals surface area contributed by atoms with E-state index in [1.165, 1.54) is 12.3 Å². The Morgan fingerprint density at radius 1 is 1.23 bits per heavy atom. The Kier molecular flexibility index (Phi) is 4.18. The molecule has 114 valence electrons. The molecule has 0 aromatic carbocycles. The number of nitrogens with one attached hydrogen (secondary N) is 1. The number of carbonyl (C=O) groups excluding carboxylic acids is 1. The Balaban J connectivity index is 1.67. The smallest absolute Gasteiger partial charge is 0.230 e. The Labute approximate surface area is 128 Å². The van der Waals surface area contributed by atoms with Gasteiger partial charge in [0.25, 0.3) is 0 Å². The number of hydrogen-bond donors (Lipinski definition) is 2. The number of anilines is 2. The van der Waals surface area contributed by atoms with Crippen molar-refractivity contribution in [2.45, 2.75) is 12.8 Å². The van der Waals surface area contributed by atoms with E-state index in [0.29, 0.717) is 6.54 Å². The number of piperidine rings is 1. The van der Waals surface area contributed by atoms with Gasteiger partial charge in [-0.2, -0.15) is 0 Å². The molecule has 2 aromatic rings. The van der Waals surface area contributed by atoms with Gasteiger partial charge >= 0.3 is 0 Å². The lowest BCUT2D eigenvalue weighted by atomic mass is 9.97. The molecule has 0 radical (unpaired) electrons. The number of aromatic hydroxyl groups is 1. The highest BCUT2D eigenvalue weighted by molar-refractivity contribution is 5.93. The Bertz CT molecular complexity index is 648. The third-order valence-electron chi connectivity index (χ3n) is 3.79. The summed E-state index contributed by atoms with van der Waals surface area (Å²) in [5, 5.41) is 12.4. The molecule has 22 heavy (non-hydrogen) atoms. The number of rotatable bonds is 3. The number of amides is 1. The molecule has 1 fully saturated rings. The predicted octanol–water partition coefficient (Wildman–Crippen LogP) is 2.04. The molecule has 0 bridgehead atoms. The van der Waals surface area contributed by atoms with Gasteiger partial charge in [-0.25, -0.2) is 9.97 Å². The lowest BCUT2D eigenvalue weighted by Gasteiger charge is -2.32. The van der Waals surface area contributed by atoms with E-state index in [-0.39, 0.29) is 23.4 Å². The average molecular weight is 298 g/mol. The fourth-order valence-corrected chi connectivity index (χ4v) is 2.65. The first-order valence-corrected chi connectivity index (χ1v) is 7.35. The van der Waals surface area contributed by atoms with E-state index in [1.54, 1.807) is 12.3 Å². The first-order chi connectivity index (χ1) is 10.7. The second kappa shape index (κ2) is 6.43. The summed E-state index contributed by atoms with van der Waals surface area (Å²) in [5.41, 5.74) is 0. The van der Waals surface area contributed by atoms with E-state index in [4.69, 9.17) is 0 Å². The molecule has 1 aliphatic rings. The van der Waals surface area contributed by atoms with Crippen LogP contribution in [0.5, 0.6) is 5.75 Å². The molecule has 3 heterocycles. The maximum absolute atomic E-state index is 12.4. The second-order valence-corrected chi connectivity index (χ2v) is 5.33. The number of nitrogens with zero attached hydrogens (tertiary/aromatic N) is 3. The fourth-order valence-electron chi connectivity index (χ4n) is 2.65. The molecule has 2 N–H and O–H groups in total. The van der Waals surface area contributed by atoms with Crippen molar-refractivity contribution in [3.63, 3.8) is 0 Å². The van der Waals surface area contributed by atoms with Crippen LogP contribution in [0.2, 0.25) is 0 Å². The van der Waals surface area contributed by atoms with Crippen molar-refractivity contribution in [1.29, 1.82) is 0 Å². The van der Waals surface area contributed by atoms with Crippen molar-refractivity contribution < 1.29 is 9.90 Å². The molecule has 6 heteroatoms. The van der Waals surface area contributed by atoms with Crippen LogP contribution in [0.25, 0.3) is 0 Å². The van der Waals surface area contributed by atoms with Crippen LogP contribution in [0.1, 0.15) is 12.8 Å². The second-order valence-electron chi connectivity index (χ2n) is 5.33. The predicted molar refractivity (Wildman–Crippen MR) is 83.7 cm³/mol. The molecule has 2 aromatic heterocycles. The largest absolute Gasteiger partial charge is 0.504 e. The monoisotopic (exact) mass is 298 g/mol. The Morgan fingerprint density at radius 3 is 2.86 bits per heavy atom. The third kappa shape index (κ3) is 3.16. The summed E-state index contributed by atoms with van der Waals surface area (Å²) in [6.07, 6.45) is 5.05. The van der Waals surface area contributed by atoms with Crippen LogP contribution < -0.4 is 10.2 Å². The molecule has 1 saturated heterocycles. The van der Waals surface area contributed by atoms with Gasteiger partial charge < -0.3 is 15.3 Å². The normalized spacial score (nSPS) is 18.0. The van der Waals surface area contributed by atoms with Gasteiger partial charge in [-0.15, -0.1) is 0 Å². The van der Waals surface area contributed by atoms with Crippen LogP contribution in [-0.4, -0.2) is 34.1 Å². The summed E-state index contributed by atoms with van der Waals surface area (Å²) >= 11 is 0. The minimum atomic E-state index is -0.142. The summed E-state index contributed by atoms with van der Waals surface area (Å²) in [6.45, 7) is 1.52. The van der Waals surface area contributed by atoms with Crippen LogP contribution in [0.15, 0.2) is 42.7 Å². The van der Waals surface area contributed by atoms with Gasteiger partial charge in [0.1, 0.15) is 5.82 Å². The summed E-state index contributed by atoms with van der Waals surface area (Å²) in [5.74, 6) is 0.822. The van der Waals surface area contributed by atoms with Crippen LogP contribution in [0, 0.1) is 5.92 Å². The number of hydrogen-bond acceptors (Lipinski definition) is 5. The highest BCUT2D eigenvalue weighted by atomic mass is 16.3. The molecule has 1 atom stereocenters. The van der Waals surface area contributed by atoms with E-state index in [0.717, 1.165) is 25.2 Å².